The van der Waals surface area contributed by atoms with Gasteiger partial charge in [-0.05, 0) is 19.3 Å². The van der Waals surface area contributed by atoms with Gasteiger partial charge >= 0.3 is 0 Å². The Balaban J connectivity index is 2.79. The third-order valence-electron chi connectivity index (χ3n) is 3.21. The Labute approximate surface area is 94.6 Å². The van der Waals surface area contributed by atoms with Gasteiger partial charge in [0.1, 0.15) is 10.1 Å². The molecule has 82 valence electrons. The molecule has 1 unspecified atom stereocenters. The largest absolute Gasteiger partial charge is 0.390 e. The van der Waals surface area contributed by atoms with E-state index in [1.165, 1.54) is 0 Å². The lowest BCUT2D eigenvalue weighted by molar-refractivity contribution is -0.119. The second kappa shape index (κ2) is 3.36. The fourth-order valence-electron chi connectivity index (χ4n) is 2.36. The third-order valence-corrected chi connectivity index (χ3v) is 3.66. The second-order valence-electron chi connectivity index (χ2n) is 4.84. The van der Waals surface area contributed by atoms with Gasteiger partial charge in [-0.2, -0.15) is 0 Å². The molecule has 0 heterocycles. The Kier molecular flexibility index (Phi) is 2.95. The Morgan fingerprint density at radius 2 is 1.93 bits per heavy atom. The van der Waals surface area contributed by atoms with Crippen LogP contribution in [0.2, 0.25) is 0 Å². The summed E-state index contributed by atoms with van der Waals surface area (Å²) in [7, 11) is 0. The molecule has 0 aromatic rings. The summed E-state index contributed by atoms with van der Waals surface area (Å²) in [5, 5.41) is 9.86. The van der Waals surface area contributed by atoms with Crippen molar-refractivity contribution in [3.63, 3.8) is 0 Å². The number of aliphatic hydroxyl groups is 1. The minimum atomic E-state index is -1.19. The summed E-state index contributed by atoms with van der Waals surface area (Å²) >= 11 is 11.6. The van der Waals surface area contributed by atoms with E-state index < -0.39 is 10.4 Å². The van der Waals surface area contributed by atoms with E-state index in [-0.39, 0.29) is 23.0 Å². The molecule has 0 amide bonds. The first-order valence-electron chi connectivity index (χ1n) is 4.66. The van der Waals surface area contributed by atoms with E-state index in [0.717, 1.165) is 0 Å². The average Bonchev–Trinajstić information content (AvgIpc) is 2.49. The third kappa shape index (κ3) is 1.93. The molecule has 2 nitrogen and oxygen atoms in total. The van der Waals surface area contributed by atoms with Crippen molar-refractivity contribution < 1.29 is 9.90 Å². The lowest BCUT2D eigenvalue weighted by Gasteiger charge is -2.22. The molecule has 0 aromatic carbocycles. The van der Waals surface area contributed by atoms with Crippen LogP contribution in [0.25, 0.3) is 0 Å². The molecule has 4 heteroatoms. The van der Waals surface area contributed by atoms with Crippen molar-refractivity contribution in [1.82, 2.24) is 0 Å². The molecule has 0 radical (unpaired) electrons. The summed E-state index contributed by atoms with van der Waals surface area (Å²) in [6.45, 7) is 6.99. The number of aliphatic hydroxyl groups excluding tert-OH is 1. The van der Waals surface area contributed by atoms with Crippen LogP contribution < -0.4 is 0 Å². The van der Waals surface area contributed by atoms with Crippen LogP contribution in [0.15, 0.2) is 0 Å². The summed E-state index contributed by atoms with van der Waals surface area (Å²) in [6.07, 6.45) is -0.852. The molecular weight excluding hydrogens is 223 g/mol. The molecule has 1 aliphatic carbocycles. The number of carbonyl (C=O) groups excluding carboxylic acids is 1. The quantitative estimate of drug-likeness (QED) is 0.768. The molecule has 1 aliphatic rings. The van der Waals surface area contributed by atoms with E-state index in [9.17, 15) is 9.90 Å². The maximum absolute atomic E-state index is 11.3. The molecule has 14 heavy (non-hydrogen) atoms. The van der Waals surface area contributed by atoms with E-state index in [4.69, 9.17) is 23.2 Å². The molecule has 1 N–H and O–H groups in total. The summed E-state index contributed by atoms with van der Waals surface area (Å²) in [5.74, 6) is -0.147. The monoisotopic (exact) mass is 238 g/mol. The van der Waals surface area contributed by atoms with Crippen LogP contribution in [0.4, 0.5) is 0 Å². The highest BCUT2D eigenvalue weighted by Gasteiger charge is 2.65. The van der Waals surface area contributed by atoms with E-state index in [0.29, 0.717) is 0 Å². The van der Waals surface area contributed by atoms with Crippen molar-refractivity contribution in [3.8, 4) is 0 Å². The van der Waals surface area contributed by atoms with E-state index in [2.05, 4.69) is 0 Å². The topological polar surface area (TPSA) is 37.3 Å². The lowest BCUT2D eigenvalue weighted by atomic mass is 10.0. The average molecular weight is 239 g/mol. The van der Waals surface area contributed by atoms with Gasteiger partial charge in [0.2, 0.25) is 0 Å². The molecular formula is C10H16Cl2O2. The SMILES string of the molecule is CC(=O)[C@@H]1[C@H](C(O)C(C)(Cl)Cl)C1(C)C. The zero-order chi connectivity index (χ0) is 11.3. The zero-order valence-corrected chi connectivity index (χ0v) is 10.4. The molecule has 0 spiro atoms. The minimum Gasteiger partial charge on any atom is -0.390 e. The smallest absolute Gasteiger partial charge is 0.141 e. The fraction of sp³-hybridized carbons (Fsp3) is 0.900. The molecule has 1 fully saturated rings. The van der Waals surface area contributed by atoms with Crippen molar-refractivity contribution in [2.45, 2.75) is 38.1 Å². The molecule has 0 saturated heterocycles. The van der Waals surface area contributed by atoms with Crippen LogP contribution in [0.1, 0.15) is 27.7 Å². The number of halogens is 2. The predicted molar refractivity (Wildman–Crippen MR) is 57.6 cm³/mol. The first-order valence-corrected chi connectivity index (χ1v) is 5.42. The van der Waals surface area contributed by atoms with Gasteiger partial charge in [0, 0.05) is 11.8 Å². The fourth-order valence-corrected chi connectivity index (χ4v) is 2.63. The Morgan fingerprint density at radius 1 is 1.50 bits per heavy atom. The van der Waals surface area contributed by atoms with Crippen LogP contribution >= 0.6 is 23.2 Å². The number of ketones is 1. The Bertz CT molecular complexity index is 255. The van der Waals surface area contributed by atoms with Gasteiger partial charge in [0.25, 0.3) is 0 Å². The van der Waals surface area contributed by atoms with Crippen molar-refractivity contribution in [1.29, 1.82) is 0 Å². The molecule has 0 aromatic heterocycles. The van der Waals surface area contributed by atoms with Gasteiger partial charge in [0.05, 0.1) is 6.10 Å². The standard InChI is InChI=1S/C10H16Cl2O2/c1-5(13)6-7(9(6,2)3)8(14)10(4,11)12/h6-8,14H,1-4H3/t6-,7-,8?/m1/s1. The number of carbonyl (C=O) groups is 1. The number of alkyl halides is 2. The summed E-state index contributed by atoms with van der Waals surface area (Å²) in [6, 6.07) is 0. The van der Waals surface area contributed by atoms with Crippen LogP contribution in [0.5, 0.6) is 0 Å². The number of hydrogen-bond donors (Lipinski definition) is 1. The summed E-state index contributed by atoms with van der Waals surface area (Å²) < 4.78 is -1.19. The lowest BCUT2D eigenvalue weighted by Crippen LogP contribution is -2.31. The first-order chi connectivity index (χ1) is 6.10. The van der Waals surface area contributed by atoms with E-state index in [1.54, 1.807) is 13.8 Å². The van der Waals surface area contributed by atoms with Gasteiger partial charge in [-0.1, -0.05) is 37.0 Å². The predicted octanol–water partition coefficient (Wildman–Crippen LogP) is 2.40. The maximum atomic E-state index is 11.3. The van der Waals surface area contributed by atoms with Crippen molar-refractivity contribution >= 4 is 29.0 Å². The number of rotatable bonds is 3. The highest BCUT2D eigenvalue weighted by atomic mass is 35.5. The summed E-state index contributed by atoms with van der Waals surface area (Å²) in [5.41, 5.74) is -0.184. The van der Waals surface area contributed by atoms with Crippen molar-refractivity contribution in [3.05, 3.63) is 0 Å². The maximum Gasteiger partial charge on any atom is 0.141 e. The molecule has 1 rings (SSSR count). The Morgan fingerprint density at radius 3 is 2.14 bits per heavy atom. The van der Waals surface area contributed by atoms with Gasteiger partial charge in [-0.25, -0.2) is 0 Å². The van der Waals surface area contributed by atoms with Crippen molar-refractivity contribution in [2.24, 2.45) is 17.3 Å². The van der Waals surface area contributed by atoms with Crippen LogP contribution in [0, 0.1) is 17.3 Å². The molecule has 1 saturated carbocycles. The summed E-state index contributed by atoms with van der Waals surface area (Å²) in [4.78, 5) is 11.3. The van der Waals surface area contributed by atoms with E-state index >= 15 is 0 Å². The van der Waals surface area contributed by atoms with Crippen LogP contribution in [-0.2, 0) is 4.79 Å². The van der Waals surface area contributed by atoms with Crippen LogP contribution in [0.3, 0.4) is 0 Å². The molecule has 3 atom stereocenters. The van der Waals surface area contributed by atoms with E-state index in [1.807, 2.05) is 13.8 Å². The normalized spacial score (nSPS) is 32.5. The first kappa shape index (κ1) is 12.3. The zero-order valence-electron chi connectivity index (χ0n) is 8.84. The van der Waals surface area contributed by atoms with Gasteiger partial charge in [-0.3, -0.25) is 4.79 Å². The highest BCUT2D eigenvalue weighted by molar-refractivity contribution is 6.48. The highest BCUT2D eigenvalue weighted by Crippen LogP contribution is 2.62. The van der Waals surface area contributed by atoms with Crippen LogP contribution in [-0.4, -0.2) is 21.3 Å². The Hall–Kier alpha value is 0.210. The molecule has 0 bridgehead atoms. The van der Waals surface area contributed by atoms with Gasteiger partial charge < -0.3 is 5.11 Å². The van der Waals surface area contributed by atoms with Gasteiger partial charge in [-0.15, -0.1) is 0 Å². The number of hydrogen-bond acceptors (Lipinski definition) is 2. The minimum absolute atomic E-state index is 0.0941. The molecule has 0 aliphatic heterocycles. The van der Waals surface area contributed by atoms with Crippen molar-refractivity contribution in [2.75, 3.05) is 0 Å². The van der Waals surface area contributed by atoms with Gasteiger partial charge in [0.15, 0.2) is 0 Å². The second-order valence-corrected chi connectivity index (χ2v) is 6.60. The number of Topliss-reactive ketones (excluding diaryl/α,β-unsaturated/α-hetero) is 1.